The molecular formula is C14H25Cl2N3OS. The summed E-state index contributed by atoms with van der Waals surface area (Å²) in [6.45, 7) is 0.648. The number of carbonyl (C=O) groups excluding carboxylic acids is 1. The first-order valence-corrected chi connectivity index (χ1v) is 7.70. The standard InChI is InChI=1S/C14H23N3OS.2ClH/c1-17(2)12(13-7-4-8-19-13)9-16-14(18)10-5-3-6-11(10)15;;/h4,7-8,10-12H,3,5-6,9,15H2,1-2H3,(H,16,18);2*1H. The Morgan fingerprint density at radius 3 is 2.67 bits per heavy atom. The lowest BCUT2D eigenvalue weighted by Gasteiger charge is -2.25. The molecule has 3 N–H and O–H groups in total. The SMILES string of the molecule is CN(C)C(CNC(=O)C1CCCC1N)c1cccs1.Cl.Cl. The molecule has 4 nitrogen and oxygen atoms in total. The van der Waals surface area contributed by atoms with E-state index >= 15 is 0 Å². The van der Waals surface area contributed by atoms with E-state index in [9.17, 15) is 4.79 Å². The van der Waals surface area contributed by atoms with Gasteiger partial charge < -0.3 is 16.0 Å². The maximum atomic E-state index is 12.1. The molecule has 1 aliphatic rings. The van der Waals surface area contributed by atoms with Gasteiger partial charge in [0.1, 0.15) is 0 Å². The molecule has 1 aromatic rings. The highest BCUT2D eigenvalue weighted by Crippen LogP contribution is 2.25. The molecule has 1 fully saturated rings. The van der Waals surface area contributed by atoms with Gasteiger partial charge in [-0.2, -0.15) is 0 Å². The van der Waals surface area contributed by atoms with Crippen LogP contribution in [0.25, 0.3) is 0 Å². The number of rotatable bonds is 5. The van der Waals surface area contributed by atoms with Crippen molar-refractivity contribution in [3.05, 3.63) is 22.4 Å². The fourth-order valence-corrected chi connectivity index (χ4v) is 3.58. The Morgan fingerprint density at radius 1 is 1.48 bits per heavy atom. The van der Waals surface area contributed by atoms with Crippen LogP contribution in [0.1, 0.15) is 30.2 Å². The number of nitrogens with one attached hydrogen (secondary N) is 1. The van der Waals surface area contributed by atoms with Gasteiger partial charge >= 0.3 is 0 Å². The van der Waals surface area contributed by atoms with E-state index in [0.717, 1.165) is 19.3 Å². The van der Waals surface area contributed by atoms with Crippen LogP contribution >= 0.6 is 36.2 Å². The number of nitrogens with zero attached hydrogens (tertiary/aromatic N) is 1. The zero-order valence-corrected chi connectivity index (χ0v) is 14.9. The molecule has 7 heteroatoms. The Hall–Kier alpha value is -0.330. The molecule has 21 heavy (non-hydrogen) atoms. The van der Waals surface area contributed by atoms with E-state index in [4.69, 9.17) is 5.73 Å². The van der Waals surface area contributed by atoms with Crippen molar-refractivity contribution < 1.29 is 4.79 Å². The Morgan fingerprint density at radius 2 is 2.19 bits per heavy atom. The van der Waals surface area contributed by atoms with Crippen LogP contribution in [0.15, 0.2) is 17.5 Å². The number of thiophene rings is 1. The van der Waals surface area contributed by atoms with E-state index in [1.807, 2.05) is 20.2 Å². The van der Waals surface area contributed by atoms with E-state index in [1.165, 1.54) is 4.88 Å². The summed E-state index contributed by atoms with van der Waals surface area (Å²) in [6, 6.07) is 4.44. The highest BCUT2D eigenvalue weighted by atomic mass is 35.5. The van der Waals surface area contributed by atoms with E-state index in [-0.39, 0.29) is 48.7 Å². The van der Waals surface area contributed by atoms with Crippen LogP contribution in [-0.2, 0) is 4.79 Å². The minimum atomic E-state index is 0. The van der Waals surface area contributed by atoms with Crippen molar-refractivity contribution in [1.29, 1.82) is 0 Å². The molecule has 3 unspecified atom stereocenters. The third kappa shape index (κ3) is 5.42. The fraction of sp³-hybridized carbons (Fsp3) is 0.643. The Balaban J connectivity index is 0.00000200. The molecular weight excluding hydrogens is 329 g/mol. The summed E-state index contributed by atoms with van der Waals surface area (Å²) in [5, 5.41) is 5.14. The van der Waals surface area contributed by atoms with Crippen molar-refractivity contribution in [2.45, 2.75) is 31.3 Å². The number of halogens is 2. The molecule has 0 radical (unpaired) electrons. The maximum absolute atomic E-state index is 12.1. The average molecular weight is 354 g/mol. The number of amides is 1. The molecule has 1 aromatic heterocycles. The molecule has 1 aliphatic carbocycles. The summed E-state index contributed by atoms with van der Waals surface area (Å²) in [4.78, 5) is 15.6. The molecule has 1 saturated carbocycles. The summed E-state index contributed by atoms with van der Waals surface area (Å²) in [5.41, 5.74) is 5.97. The van der Waals surface area contributed by atoms with Crippen LogP contribution in [-0.4, -0.2) is 37.5 Å². The van der Waals surface area contributed by atoms with Crippen molar-refractivity contribution in [3.8, 4) is 0 Å². The first-order chi connectivity index (χ1) is 9.09. The lowest BCUT2D eigenvalue weighted by molar-refractivity contribution is -0.125. The predicted octanol–water partition coefficient (Wildman–Crippen LogP) is 2.44. The number of carbonyl (C=O) groups is 1. The summed E-state index contributed by atoms with van der Waals surface area (Å²) < 4.78 is 0. The highest BCUT2D eigenvalue weighted by Gasteiger charge is 2.30. The average Bonchev–Trinajstić information content (AvgIpc) is 3.00. The summed E-state index contributed by atoms with van der Waals surface area (Å²) in [7, 11) is 4.08. The van der Waals surface area contributed by atoms with Crippen LogP contribution in [0, 0.1) is 5.92 Å². The van der Waals surface area contributed by atoms with E-state index in [1.54, 1.807) is 11.3 Å². The zero-order valence-electron chi connectivity index (χ0n) is 12.5. The van der Waals surface area contributed by atoms with E-state index in [0.29, 0.717) is 6.54 Å². The molecule has 0 aliphatic heterocycles. The second kappa shape index (κ2) is 9.64. The molecule has 0 saturated heterocycles. The predicted molar refractivity (Wildman–Crippen MR) is 93.6 cm³/mol. The van der Waals surface area contributed by atoms with Crippen molar-refractivity contribution in [3.63, 3.8) is 0 Å². The molecule has 1 amide bonds. The molecule has 0 spiro atoms. The zero-order chi connectivity index (χ0) is 13.8. The number of nitrogens with two attached hydrogens (primary N) is 1. The van der Waals surface area contributed by atoms with Gasteiger partial charge in [-0.15, -0.1) is 36.2 Å². The topological polar surface area (TPSA) is 58.4 Å². The quantitative estimate of drug-likeness (QED) is 0.854. The molecule has 2 rings (SSSR count). The van der Waals surface area contributed by atoms with Crippen LogP contribution in [0.4, 0.5) is 0 Å². The van der Waals surface area contributed by atoms with Gasteiger partial charge in [0.05, 0.1) is 12.0 Å². The summed E-state index contributed by atoms with van der Waals surface area (Å²) in [6.07, 6.45) is 2.97. The Kier molecular flexibility index (Phi) is 9.49. The van der Waals surface area contributed by atoms with Gasteiger partial charge in [0.15, 0.2) is 0 Å². The van der Waals surface area contributed by atoms with Crippen molar-refractivity contribution in [2.75, 3.05) is 20.6 Å². The molecule has 0 aromatic carbocycles. The van der Waals surface area contributed by atoms with Gasteiger partial charge in [-0.05, 0) is 38.4 Å². The maximum Gasteiger partial charge on any atom is 0.224 e. The largest absolute Gasteiger partial charge is 0.354 e. The monoisotopic (exact) mass is 353 g/mol. The lowest BCUT2D eigenvalue weighted by Crippen LogP contribution is -2.41. The van der Waals surface area contributed by atoms with Gasteiger partial charge in [-0.1, -0.05) is 12.5 Å². The first kappa shape index (κ1) is 20.7. The molecule has 0 bridgehead atoms. The highest BCUT2D eigenvalue weighted by molar-refractivity contribution is 7.10. The summed E-state index contributed by atoms with van der Waals surface area (Å²) >= 11 is 1.73. The smallest absolute Gasteiger partial charge is 0.224 e. The normalized spacial score (nSPS) is 22.3. The summed E-state index contributed by atoms with van der Waals surface area (Å²) in [5.74, 6) is 0.125. The number of hydrogen-bond donors (Lipinski definition) is 2. The van der Waals surface area contributed by atoms with Gasteiger partial charge in [-0.25, -0.2) is 0 Å². The van der Waals surface area contributed by atoms with Gasteiger partial charge in [0.25, 0.3) is 0 Å². The molecule has 122 valence electrons. The molecule has 3 atom stereocenters. The van der Waals surface area contributed by atoms with Gasteiger partial charge in [0, 0.05) is 17.5 Å². The van der Waals surface area contributed by atoms with Gasteiger partial charge in [-0.3, -0.25) is 4.79 Å². The van der Waals surface area contributed by atoms with Crippen LogP contribution < -0.4 is 11.1 Å². The van der Waals surface area contributed by atoms with Crippen LogP contribution in [0.2, 0.25) is 0 Å². The number of likely N-dealkylation sites (N-methyl/N-ethyl adjacent to an activating group) is 1. The van der Waals surface area contributed by atoms with Crippen molar-refractivity contribution in [2.24, 2.45) is 11.7 Å². The van der Waals surface area contributed by atoms with Crippen LogP contribution in [0.5, 0.6) is 0 Å². The second-order valence-electron chi connectivity index (χ2n) is 5.44. The Labute approximate surface area is 143 Å². The fourth-order valence-electron chi connectivity index (χ4n) is 2.66. The van der Waals surface area contributed by atoms with Crippen molar-refractivity contribution >= 4 is 42.1 Å². The van der Waals surface area contributed by atoms with Gasteiger partial charge in [0.2, 0.25) is 5.91 Å². The van der Waals surface area contributed by atoms with Crippen LogP contribution in [0.3, 0.4) is 0 Å². The van der Waals surface area contributed by atoms with E-state index < -0.39 is 0 Å². The third-order valence-electron chi connectivity index (χ3n) is 3.87. The first-order valence-electron chi connectivity index (χ1n) is 6.82. The Bertz CT molecular complexity index is 414. The third-order valence-corrected chi connectivity index (χ3v) is 4.84. The minimum Gasteiger partial charge on any atom is -0.354 e. The lowest BCUT2D eigenvalue weighted by atomic mass is 10.0. The van der Waals surface area contributed by atoms with Crippen molar-refractivity contribution in [1.82, 2.24) is 10.2 Å². The molecule has 1 heterocycles. The van der Waals surface area contributed by atoms with E-state index in [2.05, 4.69) is 21.7 Å². The number of hydrogen-bond acceptors (Lipinski definition) is 4. The second-order valence-corrected chi connectivity index (χ2v) is 6.42. The minimum absolute atomic E-state index is 0.